The van der Waals surface area contributed by atoms with Crippen molar-refractivity contribution >= 4 is 11.8 Å². The van der Waals surface area contributed by atoms with E-state index in [4.69, 9.17) is 4.74 Å². The highest BCUT2D eigenvalue weighted by molar-refractivity contribution is 5.97. The van der Waals surface area contributed by atoms with Gasteiger partial charge in [0.2, 0.25) is 5.91 Å². The molecule has 3 heterocycles. The lowest BCUT2D eigenvalue weighted by atomic mass is 9.91. The van der Waals surface area contributed by atoms with Gasteiger partial charge in [0.25, 0.3) is 5.91 Å². The smallest absolute Gasteiger partial charge is 0.255 e. The molecule has 0 bridgehead atoms. The molecule has 4 rings (SSSR count). The van der Waals surface area contributed by atoms with E-state index in [1.54, 1.807) is 6.07 Å². The summed E-state index contributed by atoms with van der Waals surface area (Å²) in [6, 6.07) is 9.22. The third kappa shape index (κ3) is 3.61. The minimum atomic E-state index is -0.585. The maximum Gasteiger partial charge on any atom is 0.255 e. The quantitative estimate of drug-likeness (QED) is 0.881. The van der Waals surface area contributed by atoms with E-state index in [2.05, 4.69) is 10.4 Å². The molecular weight excluding hydrogens is 356 g/mol. The molecule has 1 fully saturated rings. The summed E-state index contributed by atoms with van der Waals surface area (Å²) in [6.07, 6.45) is 3.55. The van der Waals surface area contributed by atoms with Crippen LogP contribution in [0.2, 0.25) is 0 Å². The third-order valence-electron chi connectivity index (χ3n) is 5.54. The van der Waals surface area contributed by atoms with Crippen molar-refractivity contribution in [1.82, 2.24) is 20.0 Å². The van der Waals surface area contributed by atoms with Crippen LogP contribution < -0.4 is 10.1 Å². The number of ether oxygens (including phenoxy) is 1. The zero-order valence-corrected chi connectivity index (χ0v) is 16.4. The van der Waals surface area contributed by atoms with Crippen LogP contribution in [0.1, 0.15) is 35.8 Å². The molecule has 1 aromatic heterocycles. The Kier molecular flexibility index (Phi) is 4.83. The number of piperidine rings is 1. The van der Waals surface area contributed by atoms with E-state index < -0.39 is 5.60 Å². The van der Waals surface area contributed by atoms with Crippen molar-refractivity contribution in [2.75, 3.05) is 19.6 Å². The first kappa shape index (κ1) is 18.5. The highest BCUT2D eigenvalue weighted by atomic mass is 16.5. The molecule has 0 aliphatic carbocycles. The van der Waals surface area contributed by atoms with Gasteiger partial charge in [-0.05, 0) is 38.0 Å². The second kappa shape index (κ2) is 7.30. The lowest BCUT2D eigenvalue weighted by molar-refractivity contribution is -0.141. The highest BCUT2D eigenvalue weighted by Gasteiger charge is 2.42. The number of hydrogen-bond donors (Lipinski definition) is 1. The van der Waals surface area contributed by atoms with Crippen molar-refractivity contribution in [3.63, 3.8) is 0 Å². The predicted molar refractivity (Wildman–Crippen MR) is 104 cm³/mol. The fourth-order valence-electron chi connectivity index (χ4n) is 4.10. The molecule has 28 heavy (non-hydrogen) atoms. The Labute approximate surface area is 164 Å². The van der Waals surface area contributed by atoms with Gasteiger partial charge in [-0.15, -0.1) is 0 Å². The van der Waals surface area contributed by atoms with E-state index in [1.165, 1.54) is 0 Å². The molecule has 7 heteroatoms. The molecule has 2 aliphatic heterocycles. The number of carbonyl (C=O) groups is 2. The lowest BCUT2D eigenvalue weighted by Crippen LogP contribution is -2.58. The molecule has 1 aromatic carbocycles. The number of nitrogens with zero attached hydrogens (tertiary/aromatic N) is 3. The number of benzene rings is 1. The summed E-state index contributed by atoms with van der Waals surface area (Å²) < 4.78 is 8.16. The van der Waals surface area contributed by atoms with E-state index in [0.717, 1.165) is 18.5 Å². The van der Waals surface area contributed by atoms with Gasteiger partial charge < -0.3 is 15.0 Å². The van der Waals surface area contributed by atoms with E-state index >= 15 is 0 Å². The number of amides is 2. The Morgan fingerprint density at radius 1 is 1.36 bits per heavy atom. The Morgan fingerprint density at radius 3 is 2.96 bits per heavy atom. The minimum Gasteiger partial charge on any atom is -0.483 e. The van der Waals surface area contributed by atoms with Crippen LogP contribution in [0.15, 0.2) is 36.5 Å². The normalized spacial score (nSPS) is 22.8. The van der Waals surface area contributed by atoms with Crippen molar-refractivity contribution in [3.8, 4) is 5.75 Å². The fraction of sp³-hybridized carbons (Fsp3) is 0.476. The van der Waals surface area contributed by atoms with Gasteiger partial charge >= 0.3 is 0 Å². The number of aromatic nitrogens is 2. The third-order valence-corrected chi connectivity index (χ3v) is 5.54. The van der Waals surface area contributed by atoms with Gasteiger partial charge in [0.05, 0.1) is 36.8 Å². The van der Waals surface area contributed by atoms with E-state index in [-0.39, 0.29) is 17.7 Å². The van der Waals surface area contributed by atoms with Gasteiger partial charge in [0.15, 0.2) is 0 Å². The molecule has 2 amide bonds. The molecule has 1 saturated heterocycles. The van der Waals surface area contributed by atoms with E-state index in [0.29, 0.717) is 37.5 Å². The molecule has 2 aromatic rings. The average Bonchev–Trinajstić information content (AvgIpc) is 3.05. The summed E-state index contributed by atoms with van der Waals surface area (Å²) >= 11 is 0. The summed E-state index contributed by atoms with van der Waals surface area (Å²) in [7, 11) is 0. The van der Waals surface area contributed by atoms with Gasteiger partial charge in [0.1, 0.15) is 11.4 Å². The first-order valence-corrected chi connectivity index (χ1v) is 9.81. The lowest BCUT2D eigenvalue weighted by Gasteiger charge is -2.42. The minimum absolute atomic E-state index is 0.0969. The molecule has 0 radical (unpaired) electrons. The SMILES string of the molecule is Cc1ccn(C[C@H](C)C(=O)N2CCC[C@]3(CNC(=O)c4ccccc4O3)C2)n1. The maximum absolute atomic E-state index is 13.1. The van der Waals surface area contributed by atoms with Crippen molar-refractivity contribution in [3.05, 3.63) is 47.8 Å². The highest BCUT2D eigenvalue weighted by Crippen LogP contribution is 2.32. The van der Waals surface area contributed by atoms with E-state index in [1.807, 2.05) is 53.9 Å². The molecular formula is C21H26N4O3. The molecule has 1 N–H and O–H groups in total. The standard InChI is InChI=1S/C21H26N4O3/c1-15(12-25-11-8-16(2)23-25)20(27)24-10-5-9-21(14-24)13-22-19(26)17-6-3-4-7-18(17)28-21/h3-4,6-8,11,15H,5,9-10,12-14H2,1-2H3,(H,22,26)/t15-,21-/m0/s1. The summed E-state index contributed by atoms with van der Waals surface area (Å²) in [4.78, 5) is 27.3. The molecule has 0 unspecified atom stereocenters. The number of carbonyl (C=O) groups excluding carboxylic acids is 2. The number of likely N-dealkylation sites (tertiary alicyclic amines) is 1. The summed E-state index contributed by atoms with van der Waals surface area (Å²) in [5.74, 6) is 0.381. The van der Waals surface area contributed by atoms with Gasteiger partial charge in [-0.25, -0.2) is 0 Å². The Balaban J connectivity index is 1.49. The Bertz CT molecular complexity index is 893. The number of fused-ring (bicyclic) bond motifs is 1. The van der Waals surface area contributed by atoms with Crippen molar-refractivity contribution < 1.29 is 14.3 Å². The Hall–Kier alpha value is -2.83. The van der Waals surface area contributed by atoms with Crippen LogP contribution >= 0.6 is 0 Å². The predicted octanol–water partition coefficient (Wildman–Crippen LogP) is 2.01. The summed E-state index contributed by atoms with van der Waals surface area (Å²) in [6.45, 7) is 6.01. The maximum atomic E-state index is 13.1. The number of nitrogens with one attached hydrogen (secondary N) is 1. The van der Waals surface area contributed by atoms with Crippen LogP contribution in [0.3, 0.4) is 0 Å². The number of aryl methyl sites for hydroxylation is 1. The zero-order chi connectivity index (χ0) is 19.7. The molecule has 1 spiro atoms. The second-order valence-electron chi connectivity index (χ2n) is 7.91. The number of hydrogen-bond acceptors (Lipinski definition) is 4. The largest absolute Gasteiger partial charge is 0.483 e. The van der Waals surface area contributed by atoms with Crippen LogP contribution in [-0.4, -0.2) is 51.7 Å². The van der Waals surface area contributed by atoms with Crippen molar-refractivity contribution in [1.29, 1.82) is 0 Å². The molecule has 2 atom stereocenters. The topological polar surface area (TPSA) is 76.5 Å². The molecule has 148 valence electrons. The molecule has 0 saturated carbocycles. The monoisotopic (exact) mass is 382 g/mol. The van der Waals surface area contributed by atoms with Gasteiger partial charge in [-0.3, -0.25) is 14.3 Å². The van der Waals surface area contributed by atoms with E-state index in [9.17, 15) is 9.59 Å². The number of para-hydroxylation sites is 1. The zero-order valence-electron chi connectivity index (χ0n) is 16.4. The van der Waals surface area contributed by atoms with Crippen LogP contribution in [0.4, 0.5) is 0 Å². The summed E-state index contributed by atoms with van der Waals surface area (Å²) in [5, 5.41) is 7.36. The first-order chi connectivity index (χ1) is 13.5. The first-order valence-electron chi connectivity index (χ1n) is 9.81. The molecule has 2 aliphatic rings. The second-order valence-corrected chi connectivity index (χ2v) is 7.91. The molecule has 7 nitrogen and oxygen atoms in total. The van der Waals surface area contributed by atoms with Crippen molar-refractivity contribution in [2.45, 2.75) is 38.8 Å². The Morgan fingerprint density at radius 2 is 2.18 bits per heavy atom. The van der Waals surface area contributed by atoms with Gasteiger partial charge in [-0.2, -0.15) is 5.10 Å². The van der Waals surface area contributed by atoms with Crippen molar-refractivity contribution in [2.24, 2.45) is 5.92 Å². The summed E-state index contributed by atoms with van der Waals surface area (Å²) in [5.41, 5.74) is 0.904. The van der Waals surface area contributed by atoms with Gasteiger partial charge in [-0.1, -0.05) is 19.1 Å². The van der Waals surface area contributed by atoms with Crippen LogP contribution in [-0.2, 0) is 11.3 Å². The fourth-order valence-corrected chi connectivity index (χ4v) is 4.10. The van der Waals surface area contributed by atoms with Crippen LogP contribution in [0, 0.1) is 12.8 Å². The van der Waals surface area contributed by atoms with Crippen LogP contribution in [0.5, 0.6) is 5.75 Å². The average molecular weight is 382 g/mol. The van der Waals surface area contributed by atoms with Crippen LogP contribution in [0.25, 0.3) is 0 Å². The number of rotatable bonds is 3. The van der Waals surface area contributed by atoms with Gasteiger partial charge in [0, 0.05) is 12.7 Å².